The lowest BCUT2D eigenvalue weighted by Gasteiger charge is -2.11. The number of hydrogen-bond acceptors (Lipinski definition) is 4. The van der Waals surface area contributed by atoms with Crippen molar-refractivity contribution in [3.63, 3.8) is 0 Å². The highest BCUT2D eigenvalue weighted by Crippen LogP contribution is 2.26. The van der Waals surface area contributed by atoms with E-state index in [1.165, 1.54) is 7.11 Å². The van der Waals surface area contributed by atoms with Crippen LogP contribution in [0.1, 0.15) is 5.56 Å². The molecule has 0 fully saturated rings. The van der Waals surface area contributed by atoms with E-state index < -0.39 is 0 Å². The van der Waals surface area contributed by atoms with Crippen molar-refractivity contribution >= 4 is 46.4 Å². The average Bonchev–Trinajstić information content (AvgIpc) is 2.75. The number of methoxy groups -OCH3 is 1. The van der Waals surface area contributed by atoms with Gasteiger partial charge < -0.3 is 20.1 Å². The topological polar surface area (TPSA) is 76.7 Å². The predicted molar refractivity (Wildman–Crippen MR) is 122 cm³/mol. The van der Waals surface area contributed by atoms with Crippen LogP contribution in [0, 0.1) is 0 Å². The average molecular weight is 459 g/mol. The van der Waals surface area contributed by atoms with Crippen molar-refractivity contribution in [3.05, 3.63) is 82.3 Å². The fraction of sp³-hybridized carbons (Fsp3) is 0.130. The minimum Gasteiger partial charge on any atom is -0.493 e. The molecular formula is C23H20Cl2N2O4. The van der Waals surface area contributed by atoms with E-state index >= 15 is 0 Å². The lowest BCUT2D eigenvalue weighted by Crippen LogP contribution is -2.20. The van der Waals surface area contributed by atoms with Crippen LogP contribution in [-0.2, 0) is 16.0 Å². The van der Waals surface area contributed by atoms with Crippen LogP contribution < -0.4 is 20.1 Å². The highest BCUT2D eigenvalue weighted by Gasteiger charge is 2.09. The normalized spacial score (nSPS) is 10.3. The van der Waals surface area contributed by atoms with E-state index in [2.05, 4.69) is 10.6 Å². The smallest absolute Gasteiger partial charge is 0.262 e. The van der Waals surface area contributed by atoms with Crippen LogP contribution in [0.5, 0.6) is 11.5 Å². The van der Waals surface area contributed by atoms with E-state index in [0.717, 1.165) is 5.56 Å². The van der Waals surface area contributed by atoms with Gasteiger partial charge in [0, 0.05) is 11.4 Å². The van der Waals surface area contributed by atoms with Gasteiger partial charge in [0.1, 0.15) is 0 Å². The number of anilines is 2. The van der Waals surface area contributed by atoms with Gasteiger partial charge in [0.05, 0.1) is 23.6 Å². The molecule has 0 spiro atoms. The molecule has 2 amide bonds. The molecule has 0 unspecified atom stereocenters. The summed E-state index contributed by atoms with van der Waals surface area (Å²) in [6.45, 7) is -0.186. The van der Waals surface area contributed by atoms with Gasteiger partial charge in [-0.3, -0.25) is 9.59 Å². The van der Waals surface area contributed by atoms with Gasteiger partial charge in [-0.1, -0.05) is 47.5 Å². The highest BCUT2D eigenvalue weighted by atomic mass is 35.5. The molecule has 0 atom stereocenters. The van der Waals surface area contributed by atoms with Gasteiger partial charge in [0.25, 0.3) is 5.91 Å². The fourth-order valence-electron chi connectivity index (χ4n) is 2.79. The van der Waals surface area contributed by atoms with Gasteiger partial charge in [-0.15, -0.1) is 0 Å². The van der Waals surface area contributed by atoms with Crippen LogP contribution in [0.25, 0.3) is 0 Å². The second-order valence-electron chi connectivity index (χ2n) is 6.54. The molecule has 0 saturated heterocycles. The standard InChI is InChI=1S/C23H20Cl2N2O4/c1-30-20-7-2-3-8-21(20)31-14-23(29)27-17-6-4-5-16(13-17)26-22(28)12-15-9-10-18(24)19(25)11-15/h2-11,13H,12,14H2,1H3,(H,26,28)(H,27,29). The van der Waals surface area contributed by atoms with Gasteiger partial charge in [-0.05, 0) is 48.0 Å². The molecule has 0 saturated carbocycles. The summed E-state index contributed by atoms with van der Waals surface area (Å²) in [5.41, 5.74) is 1.82. The van der Waals surface area contributed by atoms with E-state index in [0.29, 0.717) is 32.9 Å². The number of halogens is 2. The molecule has 31 heavy (non-hydrogen) atoms. The van der Waals surface area contributed by atoms with Crippen molar-refractivity contribution in [1.82, 2.24) is 0 Å². The van der Waals surface area contributed by atoms with Crippen LogP contribution in [0.3, 0.4) is 0 Å². The fourth-order valence-corrected chi connectivity index (χ4v) is 3.11. The van der Waals surface area contributed by atoms with Crippen molar-refractivity contribution in [3.8, 4) is 11.5 Å². The molecule has 3 aromatic carbocycles. The Morgan fingerprint density at radius 2 is 1.48 bits per heavy atom. The number of para-hydroxylation sites is 2. The zero-order valence-electron chi connectivity index (χ0n) is 16.7. The number of carbonyl (C=O) groups excluding carboxylic acids is 2. The molecule has 0 aromatic heterocycles. The van der Waals surface area contributed by atoms with Gasteiger partial charge in [0.15, 0.2) is 18.1 Å². The zero-order chi connectivity index (χ0) is 22.2. The minimum atomic E-state index is -0.342. The van der Waals surface area contributed by atoms with Crippen LogP contribution in [0.15, 0.2) is 66.7 Å². The summed E-state index contributed by atoms with van der Waals surface area (Å²) >= 11 is 11.9. The summed E-state index contributed by atoms with van der Waals surface area (Å²) in [6, 6.07) is 19.0. The Kier molecular flexibility index (Phi) is 7.76. The van der Waals surface area contributed by atoms with E-state index in [1.54, 1.807) is 60.7 Å². The first-order chi connectivity index (χ1) is 14.9. The zero-order valence-corrected chi connectivity index (χ0v) is 18.2. The molecule has 6 nitrogen and oxygen atoms in total. The first kappa shape index (κ1) is 22.5. The lowest BCUT2D eigenvalue weighted by atomic mass is 10.1. The van der Waals surface area contributed by atoms with Crippen molar-refractivity contribution < 1.29 is 19.1 Å². The molecule has 0 heterocycles. The Hall–Kier alpha value is -3.22. The molecule has 0 aliphatic carbocycles. The summed E-state index contributed by atoms with van der Waals surface area (Å²) in [6.07, 6.45) is 0.139. The molecule has 160 valence electrons. The Labute approximate surface area is 190 Å². The molecule has 3 rings (SSSR count). The second kappa shape index (κ2) is 10.7. The van der Waals surface area contributed by atoms with Crippen LogP contribution in [-0.4, -0.2) is 25.5 Å². The van der Waals surface area contributed by atoms with Crippen molar-refractivity contribution in [2.75, 3.05) is 24.4 Å². The van der Waals surface area contributed by atoms with Crippen molar-refractivity contribution in [2.24, 2.45) is 0 Å². The summed E-state index contributed by atoms with van der Waals surface area (Å²) in [4.78, 5) is 24.6. The third kappa shape index (κ3) is 6.64. The third-order valence-electron chi connectivity index (χ3n) is 4.21. The number of ether oxygens (including phenoxy) is 2. The van der Waals surface area contributed by atoms with Crippen molar-refractivity contribution in [1.29, 1.82) is 0 Å². The highest BCUT2D eigenvalue weighted by molar-refractivity contribution is 6.42. The number of benzene rings is 3. The van der Waals surface area contributed by atoms with E-state index in [-0.39, 0.29) is 24.8 Å². The number of hydrogen-bond donors (Lipinski definition) is 2. The van der Waals surface area contributed by atoms with Crippen LogP contribution in [0.4, 0.5) is 11.4 Å². The Balaban J connectivity index is 1.55. The molecule has 0 radical (unpaired) electrons. The predicted octanol–water partition coefficient (Wildman–Crippen LogP) is 5.20. The maximum atomic E-state index is 12.3. The summed E-state index contributed by atoms with van der Waals surface area (Å²) in [5.74, 6) is 0.456. The Bertz CT molecular complexity index is 1090. The molecule has 3 aromatic rings. The first-order valence-electron chi connectivity index (χ1n) is 9.34. The third-order valence-corrected chi connectivity index (χ3v) is 4.95. The van der Waals surface area contributed by atoms with Crippen molar-refractivity contribution in [2.45, 2.75) is 6.42 Å². The molecular weight excluding hydrogens is 439 g/mol. The number of nitrogens with one attached hydrogen (secondary N) is 2. The second-order valence-corrected chi connectivity index (χ2v) is 7.36. The molecule has 8 heteroatoms. The van der Waals surface area contributed by atoms with Gasteiger partial charge in [0.2, 0.25) is 5.91 Å². The van der Waals surface area contributed by atoms with E-state index in [9.17, 15) is 9.59 Å². The summed E-state index contributed by atoms with van der Waals surface area (Å²) < 4.78 is 10.7. The largest absolute Gasteiger partial charge is 0.493 e. The summed E-state index contributed by atoms with van der Waals surface area (Å²) in [7, 11) is 1.53. The Morgan fingerprint density at radius 1 is 0.806 bits per heavy atom. The molecule has 2 N–H and O–H groups in total. The van der Waals surface area contributed by atoms with E-state index in [1.807, 2.05) is 6.07 Å². The monoisotopic (exact) mass is 458 g/mol. The van der Waals surface area contributed by atoms with E-state index in [4.69, 9.17) is 32.7 Å². The maximum Gasteiger partial charge on any atom is 0.262 e. The van der Waals surface area contributed by atoms with Gasteiger partial charge >= 0.3 is 0 Å². The minimum absolute atomic E-state index is 0.139. The quantitative estimate of drug-likeness (QED) is 0.486. The lowest BCUT2D eigenvalue weighted by molar-refractivity contribution is -0.118. The molecule has 0 aliphatic rings. The maximum absolute atomic E-state index is 12.3. The van der Waals surface area contributed by atoms with Crippen LogP contribution >= 0.6 is 23.2 Å². The Morgan fingerprint density at radius 3 is 2.16 bits per heavy atom. The first-order valence-corrected chi connectivity index (χ1v) is 10.1. The number of rotatable bonds is 8. The number of carbonyl (C=O) groups is 2. The van der Waals surface area contributed by atoms with Gasteiger partial charge in [-0.25, -0.2) is 0 Å². The number of amides is 2. The molecule has 0 bridgehead atoms. The van der Waals surface area contributed by atoms with Gasteiger partial charge in [-0.2, -0.15) is 0 Å². The SMILES string of the molecule is COc1ccccc1OCC(=O)Nc1cccc(NC(=O)Cc2ccc(Cl)c(Cl)c2)c1. The molecule has 0 aliphatic heterocycles. The van der Waals surface area contributed by atoms with Crippen LogP contribution in [0.2, 0.25) is 10.0 Å². The summed E-state index contributed by atoms with van der Waals surface area (Å²) in [5, 5.41) is 6.37.